The van der Waals surface area contributed by atoms with Crippen LogP contribution in [0.3, 0.4) is 0 Å². The summed E-state index contributed by atoms with van der Waals surface area (Å²) < 4.78 is 60.4. The second-order valence-corrected chi connectivity index (χ2v) is 10.3. The highest BCUT2D eigenvalue weighted by molar-refractivity contribution is 7.91. The maximum Gasteiger partial charge on any atom is 0.251 e. The number of sulfonamides is 1. The molecule has 9 nitrogen and oxygen atoms in total. The summed E-state index contributed by atoms with van der Waals surface area (Å²) in [7, 11) is -5.71. The molecule has 1 heterocycles. The molecule has 0 bridgehead atoms. The Morgan fingerprint density at radius 2 is 1.89 bits per heavy atom. The van der Waals surface area contributed by atoms with Gasteiger partial charge in [0, 0.05) is 31.0 Å². The molecule has 0 radical (unpaired) electrons. The first-order valence-electron chi connectivity index (χ1n) is 8.46. The molecule has 152 valence electrons. The van der Waals surface area contributed by atoms with Gasteiger partial charge in [0.1, 0.15) is 10.6 Å². The number of sulfone groups is 1. The average Bonchev–Trinajstić information content (AvgIpc) is 2.67. The summed E-state index contributed by atoms with van der Waals surface area (Å²) in [6, 6.07) is 4.08. The predicted molar refractivity (Wildman–Crippen MR) is 99.2 cm³/mol. The number of morpholine rings is 1. The van der Waals surface area contributed by atoms with Crippen LogP contribution in [0.25, 0.3) is 0 Å². The van der Waals surface area contributed by atoms with E-state index >= 15 is 0 Å². The van der Waals surface area contributed by atoms with E-state index in [1.807, 2.05) is 0 Å². The van der Waals surface area contributed by atoms with Crippen LogP contribution in [0.15, 0.2) is 23.1 Å². The molecule has 1 amide bonds. The van der Waals surface area contributed by atoms with E-state index in [-0.39, 0.29) is 47.3 Å². The number of amides is 1. The summed E-state index contributed by atoms with van der Waals surface area (Å²) >= 11 is 0. The van der Waals surface area contributed by atoms with Crippen molar-refractivity contribution >= 4 is 25.8 Å². The van der Waals surface area contributed by atoms with Crippen molar-refractivity contribution < 1.29 is 31.1 Å². The van der Waals surface area contributed by atoms with Gasteiger partial charge in [0.15, 0.2) is 9.84 Å². The molecule has 1 aliphatic rings. The van der Waals surface area contributed by atoms with Gasteiger partial charge in [-0.05, 0) is 18.2 Å². The molecule has 0 spiro atoms. The standard InChI is InChI=1S/C16H24N2O7S2/c1-3-26(20,21)11-6-17-16(19)13-4-5-14(24-2)15(12-13)27(22,23)18-7-9-25-10-8-18/h4-5,12H,3,6-11H2,1-2H3,(H,17,19). The van der Waals surface area contributed by atoms with Crippen molar-refractivity contribution in [3.8, 4) is 5.75 Å². The maximum atomic E-state index is 12.9. The lowest BCUT2D eigenvalue weighted by Crippen LogP contribution is -2.40. The minimum atomic E-state index is -3.86. The van der Waals surface area contributed by atoms with Crippen molar-refractivity contribution in [3.63, 3.8) is 0 Å². The second kappa shape index (κ2) is 9.00. The molecule has 1 aliphatic heterocycles. The van der Waals surface area contributed by atoms with Gasteiger partial charge in [-0.1, -0.05) is 6.92 Å². The Kier molecular flexibility index (Phi) is 7.20. The van der Waals surface area contributed by atoms with Gasteiger partial charge in [0.25, 0.3) is 5.91 Å². The lowest BCUT2D eigenvalue weighted by Gasteiger charge is -2.26. The monoisotopic (exact) mass is 420 g/mol. The fourth-order valence-electron chi connectivity index (χ4n) is 2.51. The highest BCUT2D eigenvalue weighted by Crippen LogP contribution is 2.28. The number of ether oxygens (including phenoxy) is 2. The SMILES string of the molecule is CCS(=O)(=O)CCNC(=O)c1ccc(OC)c(S(=O)(=O)N2CCOCC2)c1. The zero-order valence-electron chi connectivity index (χ0n) is 15.3. The number of nitrogens with zero attached hydrogens (tertiary/aromatic N) is 1. The molecule has 0 unspecified atom stereocenters. The predicted octanol–water partition coefficient (Wildman–Crippen LogP) is -0.119. The quantitative estimate of drug-likeness (QED) is 0.623. The van der Waals surface area contributed by atoms with Crippen LogP contribution in [-0.2, 0) is 24.6 Å². The van der Waals surface area contributed by atoms with Crippen LogP contribution in [0.5, 0.6) is 5.75 Å². The molecule has 1 saturated heterocycles. The number of hydrogen-bond donors (Lipinski definition) is 1. The first-order valence-corrected chi connectivity index (χ1v) is 11.7. The number of rotatable bonds is 8. The van der Waals surface area contributed by atoms with Crippen molar-refractivity contribution in [1.82, 2.24) is 9.62 Å². The molecular formula is C16H24N2O7S2. The Morgan fingerprint density at radius 3 is 2.48 bits per heavy atom. The number of methoxy groups -OCH3 is 1. The highest BCUT2D eigenvalue weighted by Gasteiger charge is 2.30. The average molecular weight is 421 g/mol. The molecule has 0 aromatic heterocycles. The zero-order chi connectivity index (χ0) is 20.1. The number of carbonyl (C=O) groups excluding carboxylic acids is 1. The van der Waals surface area contributed by atoms with Gasteiger partial charge in [0.2, 0.25) is 10.0 Å². The summed E-state index contributed by atoms with van der Waals surface area (Å²) in [6.45, 7) is 2.52. The largest absolute Gasteiger partial charge is 0.495 e. The maximum absolute atomic E-state index is 12.9. The molecule has 0 atom stereocenters. The Morgan fingerprint density at radius 1 is 1.22 bits per heavy atom. The molecule has 0 aliphatic carbocycles. The molecule has 1 fully saturated rings. The molecular weight excluding hydrogens is 396 g/mol. The highest BCUT2D eigenvalue weighted by atomic mass is 32.2. The third kappa shape index (κ3) is 5.41. The van der Waals surface area contributed by atoms with E-state index in [1.165, 1.54) is 36.5 Å². The number of benzene rings is 1. The van der Waals surface area contributed by atoms with E-state index in [4.69, 9.17) is 9.47 Å². The summed E-state index contributed by atoms with van der Waals surface area (Å²) in [4.78, 5) is 12.2. The fraction of sp³-hybridized carbons (Fsp3) is 0.562. The smallest absolute Gasteiger partial charge is 0.251 e. The summed E-state index contributed by atoms with van der Waals surface area (Å²) in [5, 5.41) is 2.50. The number of hydrogen-bond acceptors (Lipinski definition) is 7. The van der Waals surface area contributed by atoms with Gasteiger partial charge in [-0.3, -0.25) is 4.79 Å². The van der Waals surface area contributed by atoms with Crippen LogP contribution < -0.4 is 10.1 Å². The zero-order valence-corrected chi connectivity index (χ0v) is 16.9. The van der Waals surface area contributed by atoms with E-state index in [1.54, 1.807) is 0 Å². The summed E-state index contributed by atoms with van der Waals surface area (Å²) in [6.07, 6.45) is 0. The normalized spacial score (nSPS) is 16.1. The molecule has 11 heteroatoms. The van der Waals surface area contributed by atoms with Gasteiger partial charge in [-0.15, -0.1) is 0 Å². The Labute approximate surface area is 159 Å². The van der Waals surface area contributed by atoms with Gasteiger partial charge in [-0.2, -0.15) is 4.31 Å². The Balaban J connectivity index is 2.22. The summed E-state index contributed by atoms with van der Waals surface area (Å²) in [5.74, 6) is -0.605. The van der Waals surface area contributed by atoms with E-state index < -0.39 is 25.8 Å². The van der Waals surface area contributed by atoms with Crippen molar-refractivity contribution in [2.75, 3.05) is 51.5 Å². The van der Waals surface area contributed by atoms with Crippen LogP contribution in [0.2, 0.25) is 0 Å². The summed E-state index contributed by atoms with van der Waals surface area (Å²) in [5.41, 5.74) is 0.108. The minimum absolute atomic E-state index is 0.00660. The third-order valence-corrected chi connectivity index (χ3v) is 7.78. The Bertz CT molecular complexity index is 876. The van der Waals surface area contributed by atoms with Crippen molar-refractivity contribution in [1.29, 1.82) is 0 Å². The minimum Gasteiger partial charge on any atom is -0.495 e. The number of nitrogens with one attached hydrogen (secondary N) is 1. The molecule has 1 aromatic rings. The molecule has 1 N–H and O–H groups in total. The molecule has 2 rings (SSSR count). The van der Waals surface area contributed by atoms with Gasteiger partial charge in [-0.25, -0.2) is 16.8 Å². The molecule has 27 heavy (non-hydrogen) atoms. The van der Waals surface area contributed by atoms with Crippen LogP contribution >= 0.6 is 0 Å². The molecule has 0 saturated carbocycles. The van der Waals surface area contributed by atoms with Crippen LogP contribution in [0.1, 0.15) is 17.3 Å². The van der Waals surface area contributed by atoms with E-state index in [2.05, 4.69) is 5.32 Å². The van der Waals surface area contributed by atoms with Gasteiger partial charge in [0.05, 0.1) is 26.1 Å². The lowest BCUT2D eigenvalue weighted by atomic mass is 10.2. The van der Waals surface area contributed by atoms with E-state index in [0.29, 0.717) is 13.2 Å². The van der Waals surface area contributed by atoms with E-state index in [9.17, 15) is 21.6 Å². The van der Waals surface area contributed by atoms with Gasteiger partial charge >= 0.3 is 0 Å². The molecule has 1 aromatic carbocycles. The first kappa shape index (κ1) is 21.6. The topological polar surface area (TPSA) is 119 Å². The van der Waals surface area contributed by atoms with Gasteiger partial charge < -0.3 is 14.8 Å². The van der Waals surface area contributed by atoms with E-state index in [0.717, 1.165) is 0 Å². The lowest BCUT2D eigenvalue weighted by molar-refractivity contribution is 0.0729. The van der Waals surface area contributed by atoms with Crippen molar-refractivity contribution in [2.24, 2.45) is 0 Å². The van der Waals surface area contributed by atoms with Crippen LogP contribution in [0.4, 0.5) is 0 Å². The number of carbonyl (C=O) groups is 1. The second-order valence-electron chi connectivity index (χ2n) is 5.87. The van der Waals surface area contributed by atoms with Crippen LogP contribution in [0, 0.1) is 0 Å². The van der Waals surface area contributed by atoms with Crippen molar-refractivity contribution in [3.05, 3.63) is 23.8 Å². The van der Waals surface area contributed by atoms with Crippen molar-refractivity contribution in [2.45, 2.75) is 11.8 Å². The third-order valence-electron chi connectivity index (χ3n) is 4.15. The Hall–Kier alpha value is -1.69. The fourth-order valence-corrected chi connectivity index (χ4v) is 4.80. The van der Waals surface area contributed by atoms with Crippen LogP contribution in [-0.4, -0.2) is 78.5 Å². The first-order chi connectivity index (χ1) is 12.7.